The van der Waals surface area contributed by atoms with Crippen LogP contribution >= 0.6 is 11.8 Å². The highest BCUT2D eigenvalue weighted by atomic mass is 32.2. The Labute approximate surface area is 180 Å². The Hall–Kier alpha value is -2.80. The molecule has 0 radical (unpaired) electrons. The molecule has 2 amide bonds. The van der Waals surface area contributed by atoms with Crippen molar-refractivity contribution >= 4 is 34.6 Å². The van der Waals surface area contributed by atoms with Gasteiger partial charge in [-0.3, -0.25) is 9.59 Å². The first-order chi connectivity index (χ1) is 14.6. The Morgan fingerprint density at radius 2 is 2.07 bits per heavy atom. The monoisotopic (exact) mass is 422 g/mol. The third-order valence-corrected chi connectivity index (χ3v) is 6.44. The second-order valence-corrected chi connectivity index (χ2v) is 8.94. The second kappa shape index (κ2) is 9.34. The van der Waals surface area contributed by atoms with Crippen molar-refractivity contribution in [1.82, 2.24) is 20.2 Å². The number of imidazole rings is 1. The van der Waals surface area contributed by atoms with Gasteiger partial charge in [-0.15, -0.1) is 11.8 Å². The number of thioether (sulfide) groups is 1. The molecule has 0 bridgehead atoms. The smallest absolute Gasteiger partial charge is 0.230 e. The molecular formula is C23H26N4O2S. The summed E-state index contributed by atoms with van der Waals surface area (Å²) in [6.07, 6.45) is 1.60. The van der Waals surface area contributed by atoms with Gasteiger partial charge < -0.3 is 15.2 Å². The van der Waals surface area contributed by atoms with E-state index in [-0.39, 0.29) is 17.1 Å². The minimum absolute atomic E-state index is 0.00286. The molecule has 2 heterocycles. The first kappa shape index (κ1) is 20.5. The Balaban J connectivity index is 1.25. The van der Waals surface area contributed by atoms with E-state index >= 15 is 0 Å². The van der Waals surface area contributed by atoms with Crippen LogP contribution in [0.15, 0.2) is 48.5 Å². The summed E-state index contributed by atoms with van der Waals surface area (Å²) in [6.45, 7) is 4.02. The number of rotatable bonds is 8. The lowest BCUT2D eigenvalue weighted by Gasteiger charge is -2.16. The molecule has 2 N–H and O–H groups in total. The van der Waals surface area contributed by atoms with Crippen LogP contribution in [0, 0.1) is 0 Å². The van der Waals surface area contributed by atoms with Gasteiger partial charge in [0.15, 0.2) is 0 Å². The van der Waals surface area contributed by atoms with E-state index in [1.54, 1.807) is 11.8 Å². The quantitative estimate of drug-likeness (QED) is 0.579. The van der Waals surface area contributed by atoms with Crippen LogP contribution < -0.4 is 5.32 Å². The number of fused-ring (bicyclic) bond motifs is 1. The summed E-state index contributed by atoms with van der Waals surface area (Å²) in [5, 5.41) is 3.09. The number of nitrogens with one attached hydrogen (secondary N) is 2. The Morgan fingerprint density at radius 3 is 2.87 bits per heavy atom. The number of carbonyl (C=O) groups excluding carboxylic acids is 2. The SMILES string of the molecule is CC(SCC(=O)NCc1cccc(CN2CCCC2=O)c1)c1nc2ccccc2[nH]1. The Bertz CT molecular complexity index is 1020. The molecule has 1 aromatic heterocycles. The van der Waals surface area contributed by atoms with Gasteiger partial charge in [0.1, 0.15) is 5.82 Å². The molecule has 1 aliphatic rings. The molecule has 1 unspecified atom stereocenters. The van der Waals surface area contributed by atoms with Gasteiger partial charge in [0, 0.05) is 26.1 Å². The molecule has 1 saturated heterocycles. The van der Waals surface area contributed by atoms with Crippen molar-refractivity contribution in [3.05, 3.63) is 65.5 Å². The maximum atomic E-state index is 12.3. The summed E-state index contributed by atoms with van der Waals surface area (Å²) in [4.78, 5) is 34.0. The standard InChI is InChI=1S/C23H26N4O2S/c1-16(23-25-19-8-2-3-9-20(19)26-23)30-15-21(28)24-13-17-6-4-7-18(12-17)14-27-11-5-10-22(27)29/h2-4,6-9,12,16H,5,10-11,13-15H2,1H3,(H,24,28)(H,25,26). The topological polar surface area (TPSA) is 78.1 Å². The first-order valence-corrected chi connectivity index (χ1v) is 11.3. The zero-order valence-corrected chi connectivity index (χ0v) is 17.9. The van der Waals surface area contributed by atoms with Crippen molar-refractivity contribution < 1.29 is 9.59 Å². The molecule has 4 rings (SSSR count). The van der Waals surface area contributed by atoms with Crippen LogP contribution in [0.5, 0.6) is 0 Å². The number of aromatic amines is 1. The van der Waals surface area contributed by atoms with Crippen molar-refractivity contribution in [3.8, 4) is 0 Å². The number of benzene rings is 2. The molecule has 7 heteroatoms. The minimum atomic E-state index is 0.00286. The van der Waals surface area contributed by atoms with E-state index in [9.17, 15) is 9.59 Å². The summed E-state index contributed by atoms with van der Waals surface area (Å²) < 4.78 is 0. The van der Waals surface area contributed by atoms with Gasteiger partial charge in [0.05, 0.1) is 22.0 Å². The minimum Gasteiger partial charge on any atom is -0.351 e. The summed E-state index contributed by atoms with van der Waals surface area (Å²) >= 11 is 1.56. The predicted molar refractivity (Wildman–Crippen MR) is 120 cm³/mol. The average Bonchev–Trinajstić information content (AvgIpc) is 3.37. The molecule has 0 aliphatic carbocycles. The van der Waals surface area contributed by atoms with Gasteiger partial charge in [-0.05, 0) is 36.6 Å². The van der Waals surface area contributed by atoms with Gasteiger partial charge in [-0.25, -0.2) is 4.98 Å². The van der Waals surface area contributed by atoms with E-state index in [0.717, 1.165) is 41.0 Å². The van der Waals surface area contributed by atoms with Crippen molar-refractivity contribution in [1.29, 1.82) is 0 Å². The molecule has 1 fully saturated rings. The fraction of sp³-hybridized carbons (Fsp3) is 0.348. The number of para-hydroxylation sites is 2. The summed E-state index contributed by atoms with van der Waals surface area (Å²) in [5.41, 5.74) is 4.10. The van der Waals surface area contributed by atoms with Gasteiger partial charge >= 0.3 is 0 Å². The number of hydrogen-bond donors (Lipinski definition) is 2. The number of carbonyl (C=O) groups is 2. The van der Waals surface area contributed by atoms with Crippen molar-refractivity contribution in [2.75, 3.05) is 12.3 Å². The van der Waals surface area contributed by atoms with E-state index in [1.807, 2.05) is 47.4 Å². The van der Waals surface area contributed by atoms with Crippen LogP contribution in [0.25, 0.3) is 11.0 Å². The van der Waals surface area contributed by atoms with Crippen LogP contribution in [0.3, 0.4) is 0 Å². The highest BCUT2D eigenvalue weighted by Gasteiger charge is 2.20. The van der Waals surface area contributed by atoms with Crippen LogP contribution in [-0.4, -0.2) is 39.0 Å². The molecule has 3 aromatic rings. The molecule has 1 atom stereocenters. The fourth-order valence-electron chi connectivity index (χ4n) is 3.63. The van der Waals surface area contributed by atoms with Crippen molar-refractivity contribution in [2.45, 2.75) is 38.1 Å². The van der Waals surface area contributed by atoms with E-state index in [1.165, 1.54) is 0 Å². The molecule has 30 heavy (non-hydrogen) atoms. The molecule has 0 saturated carbocycles. The molecule has 0 spiro atoms. The number of likely N-dealkylation sites (tertiary alicyclic amines) is 1. The van der Waals surface area contributed by atoms with Crippen LogP contribution in [-0.2, 0) is 22.7 Å². The van der Waals surface area contributed by atoms with Crippen molar-refractivity contribution in [3.63, 3.8) is 0 Å². The van der Waals surface area contributed by atoms with E-state index in [4.69, 9.17) is 0 Å². The molecule has 1 aliphatic heterocycles. The van der Waals surface area contributed by atoms with Gasteiger partial charge in [-0.1, -0.05) is 36.4 Å². The highest BCUT2D eigenvalue weighted by Crippen LogP contribution is 2.27. The number of amides is 2. The van der Waals surface area contributed by atoms with E-state index < -0.39 is 0 Å². The van der Waals surface area contributed by atoms with Gasteiger partial charge in [0.25, 0.3) is 0 Å². The van der Waals surface area contributed by atoms with Gasteiger partial charge in [-0.2, -0.15) is 0 Å². The predicted octanol–water partition coefficient (Wildman–Crippen LogP) is 3.80. The number of H-pyrrole nitrogens is 1. The van der Waals surface area contributed by atoms with Crippen LogP contribution in [0.2, 0.25) is 0 Å². The van der Waals surface area contributed by atoms with Gasteiger partial charge in [0.2, 0.25) is 11.8 Å². The van der Waals surface area contributed by atoms with Crippen LogP contribution in [0.1, 0.15) is 42.0 Å². The number of nitrogens with zero attached hydrogens (tertiary/aromatic N) is 2. The van der Waals surface area contributed by atoms with Crippen LogP contribution in [0.4, 0.5) is 0 Å². The lowest BCUT2D eigenvalue weighted by atomic mass is 10.1. The molecule has 2 aromatic carbocycles. The Kier molecular flexibility index (Phi) is 6.38. The highest BCUT2D eigenvalue weighted by molar-refractivity contribution is 8.00. The summed E-state index contributed by atoms with van der Waals surface area (Å²) in [6, 6.07) is 16.0. The third-order valence-electron chi connectivity index (χ3n) is 5.28. The normalized spacial score (nSPS) is 15.0. The van der Waals surface area contributed by atoms with E-state index in [0.29, 0.717) is 25.3 Å². The third kappa shape index (κ3) is 5.02. The Morgan fingerprint density at radius 1 is 1.23 bits per heavy atom. The maximum Gasteiger partial charge on any atom is 0.230 e. The lowest BCUT2D eigenvalue weighted by Crippen LogP contribution is -2.25. The molecular weight excluding hydrogens is 396 g/mol. The zero-order valence-electron chi connectivity index (χ0n) is 17.1. The maximum absolute atomic E-state index is 12.3. The second-order valence-electron chi connectivity index (χ2n) is 7.61. The fourth-order valence-corrected chi connectivity index (χ4v) is 4.40. The lowest BCUT2D eigenvalue weighted by molar-refractivity contribution is -0.128. The average molecular weight is 423 g/mol. The largest absolute Gasteiger partial charge is 0.351 e. The van der Waals surface area contributed by atoms with Crippen molar-refractivity contribution in [2.24, 2.45) is 0 Å². The zero-order chi connectivity index (χ0) is 20.9. The molecule has 156 valence electrons. The van der Waals surface area contributed by atoms with E-state index in [2.05, 4.69) is 28.3 Å². The number of hydrogen-bond acceptors (Lipinski definition) is 4. The molecule has 6 nitrogen and oxygen atoms in total. The summed E-state index contributed by atoms with van der Waals surface area (Å²) in [5.74, 6) is 1.49. The summed E-state index contributed by atoms with van der Waals surface area (Å²) in [7, 11) is 0. The first-order valence-electron chi connectivity index (χ1n) is 10.3. The number of aromatic nitrogens is 2.